The summed E-state index contributed by atoms with van der Waals surface area (Å²) in [4.78, 5) is 26.8. The lowest BCUT2D eigenvalue weighted by atomic mass is 10.1. The van der Waals surface area contributed by atoms with Crippen LogP contribution in [0, 0.1) is 12.7 Å². The van der Waals surface area contributed by atoms with Crippen molar-refractivity contribution < 1.29 is 28.2 Å². The van der Waals surface area contributed by atoms with E-state index >= 15 is 0 Å². The maximum atomic E-state index is 13.2. The molecule has 0 spiro atoms. The van der Waals surface area contributed by atoms with Crippen molar-refractivity contribution >= 4 is 29.0 Å². The molecule has 1 fully saturated rings. The zero-order valence-corrected chi connectivity index (χ0v) is 20.8. The molecule has 36 heavy (non-hydrogen) atoms. The minimum atomic E-state index is -0.388. The van der Waals surface area contributed by atoms with Crippen molar-refractivity contribution in [3.8, 4) is 17.2 Å². The third-order valence-corrected chi connectivity index (χ3v) is 6.23. The Bertz CT molecular complexity index is 1260. The number of hydrogen-bond donors (Lipinski definition) is 0. The van der Waals surface area contributed by atoms with Gasteiger partial charge in [-0.3, -0.25) is 14.5 Å². The lowest BCUT2D eigenvalue weighted by molar-refractivity contribution is -0.123. The number of rotatable bonds is 10. The average molecular weight is 508 g/mol. The van der Waals surface area contributed by atoms with Crippen molar-refractivity contribution in [2.75, 3.05) is 19.8 Å². The maximum Gasteiger partial charge on any atom is 0.293 e. The van der Waals surface area contributed by atoms with Crippen molar-refractivity contribution in [1.82, 2.24) is 4.90 Å². The molecule has 186 valence electrons. The molecule has 3 aromatic rings. The van der Waals surface area contributed by atoms with Crippen LogP contribution < -0.4 is 14.2 Å². The first-order valence-electron chi connectivity index (χ1n) is 11.5. The maximum absolute atomic E-state index is 13.2. The third-order valence-electron chi connectivity index (χ3n) is 5.32. The van der Waals surface area contributed by atoms with Crippen LogP contribution >= 0.6 is 11.8 Å². The predicted molar refractivity (Wildman–Crippen MR) is 138 cm³/mol. The van der Waals surface area contributed by atoms with Gasteiger partial charge in [-0.25, -0.2) is 4.39 Å². The van der Waals surface area contributed by atoms with Crippen LogP contribution in [0.3, 0.4) is 0 Å². The second-order valence-electron chi connectivity index (χ2n) is 8.04. The van der Waals surface area contributed by atoms with E-state index < -0.39 is 0 Å². The molecule has 2 amide bonds. The molecular weight excluding hydrogens is 481 g/mol. The van der Waals surface area contributed by atoms with Gasteiger partial charge in [-0.1, -0.05) is 35.9 Å². The molecule has 1 heterocycles. The van der Waals surface area contributed by atoms with E-state index in [0.29, 0.717) is 47.4 Å². The lowest BCUT2D eigenvalue weighted by Gasteiger charge is -2.13. The van der Waals surface area contributed by atoms with Crippen molar-refractivity contribution in [2.45, 2.75) is 20.4 Å². The third kappa shape index (κ3) is 6.46. The fourth-order valence-electron chi connectivity index (χ4n) is 3.51. The first-order valence-corrected chi connectivity index (χ1v) is 12.3. The number of carbonyl (C=O) groups excluding carboxylic acids is 2. The van der Waals surface area contributed by atoms with Gasteiger partial charge in [0.15, 0.2) is 11.5 Å². The number of aryl methyl sites for hydroxylation is 1. The normalized spacial score (nSPS) is 14.4. The topological polar surface area (TPSA) is 65.1 Å². The smallest absolute Gasteiger partial charge is 0.293 e. The summed E-state index contributed by atoms with van der Waals surface area (Å²) in [7, 11) is 0. The van der Waals surface area contributed by atoms with Crippen LogP contribution in [-0.4, -0.2) is 35.9 Å². The molecule has 0 atom stereocenters. The monoisotopic (exact) mass is 507 g/mol. The number of imide groups is 1. The standard InChI is InChI=1S/C28H26FNO5S/c1-3-33-25-16-21(8-13-24(25)35-15-14-34-23-11-4-19(2)5-12-23)17-26-27(31)30(28(32)36-26)18-20-6-9-22(29)10-7-20/h4-13,16-17H,3,14-15,18H2,1-2H3/b26-17-. The van der Waals surface area contributed by atoms with Gasteiger partial charge in [0, 0.05) is 0 Å². The SMILES string of the molecule is CCOc1cc(/C=C2\SC(=O)N(Cc3ccc(F)cc3)C2=O)ccc1OCCOc1ccc(C)cc1. The van der Waals surface area contributed by atoms with Gasteiger partial charge in [0.05, 0.1) is 18.1 Å². The largest absolute Gasteiger partial charge is 0.490 e. The molecular formula is C28H26FNO5S. The highest BCUT2D eigenvalue weighted by Gasteiger charge is 2.35. The Kier molecular flexibility index (Phi) is 8.28. The number of halogens is 1. The van der Waals surface area contributed by atoms with Crippen LogP contribution in [0.4, 0.5) is 9.18 Å². The van der Waals surface area contributed by atoms with Crippen LogP contribution in [0.1, 0.15) is 23.6 Å². The highest BCUT2D eigenvalue weighted by molar-refractivity contribution is 8.18. The van der Waals surface area contributed by atoms with Crippen LogP contribution in [0.15, 0.2) is 71.6 Å². The number of thioether (sulfide) groups is 1. The highest BCUT2D eigenvalue weighted by atomic mass is 32.2. The number of benzene rings is 3. The Morgan fingerprint density at radius 3 is 2.33 bits per heavy atom. The van der Waals surface area contributed by atoms with Crippen molar-refractivity contribution in [3.63, 3.8) is 0 Å². The summed E-state index contributed by atoms with van der Waals surface area (Å²) in [6, 6.07) is 18.9. The first-order chi connectivity index (χ1) is 17.4. The molecule has 0 saturated carbocycles. The molecule has 6 nitrogen and oxygen atoms in total. The molecule has 1 saturated heterocycles. The van der Waals surface area contributed by atoms with Crippen LogP contribution in [0.25, 0.3) is 6.08 Å². The molecule has 0 aromatic heterocycles. The summed E-state index contributed by atoms with van der Waals surface area (Å²) in [6.45, 7) is 5.12. The van der Waals surface area contributed by atoms with Gasteiger partial charge in [-0.2, -0.15) is 0 Å². The molecule has 0 aliphatic carbocycles. The van der Waals surface area contributed by atoms with Gasteiger partial charge >= 0.3 is 0 Å². The van der Waals surface area contributed by atoms with E-state index in [4.69, 9.17) is 14.2 Å². The molecule has 8 heteroatoms. The number of hydrogen-bond acceptors (Lipinski definition) is 6. The van der Waals surface area contributed by atoms with Crippen molar-refractivity contribution in [1.29, 1.82) is 0 Å². The summed E-state index contributed by atoms with van der Waals surface area (Å²) in [5.74, 6) is 1.11. The number of nitrogens with zero attached hydrogens (tertiary/aromatic N) is 1. The van der Waals surface area contributed by atoms with Crippen LogP contribution in [-0.2, 0) is 11.3 Å². The van der Waals surface area contributed by atoms with Gasteiger partial charge in [-0.05, 0) is 79.2 Å². The molecule has 0 N–H and O–H groups in total. The summed E-state index contributed by atoms with van der Waals surface area (Å²) in [6.07, 6.45) is 1.66. The Balaban J connectivity index is 1.40. The Morgan fingerprint density at radius 2 is 1.61 bits per heavy atom. The molecule has 0 bridgehead atoms. The minimum Gasteiger partial charge on any atom is -0.490 e. The fraction of sp³-hybridized carbons (Fsp3) is 0.214. The Morgan fingerprint density at radius 1 is 0.889 bits per heavy atom. The van der Waals surface area contributed by atoms with Crippen molar-refractivity contribution in [2.24, 2.45) is 0 Å². The Labute approximate surface area is 213 Å². The second-order valence-corrected chi connectivity index (χ2v) is 9.04. The van der Waals surface area contributed by atoms with E-state index in [1.165, 1.54) is 12.1 Å². The van der Waals surface area contributed by atoms with Gasteiger partial charge in [0.1, 0.15) is 24.8 Å². The average Bonchev–Trinajstić information content (AvgIpc) is 3.12. The number of carbonyl (C=O) groups is 2. The molecule has 3 aromatic carbocycles. The minimum absolute atomic E-state index is 0.0872. The van der Waals surface area contributed by atoms with E-state index in [1.54, 1.807) is 36.4 Å². The summed E-state index contributed by atoms with van der Waals surface area (Å²) in [5.41, 5.74) is 2.54. The van der Waals surface area contributed by atoms with E-state index in [9.17, 15) is 14.0 Å². The molecule has 0 radical (unpaired) electrons. The van der Waals surface area contributed by atoms with E-state index in [0.717, 1.165) is 28.0 Å². The van der Waals surface area contributed by atoms with E-state index in [2.05, 4.69) is 0 Å². The van der Waals surface area contributed by atoms with E-state index in [-0.39, 0.29) is 23.5 Å². The zero-order valence-electron chi connectivity index (χ0n) is 20.0. The zero-order chi connectivity index (χ0) is 25.5. The fourth-order valence-corrected chi connectivity index (χ4v) is 4.35. The summed E-state index contributed by atoms with van der Waals surface area (Å²) < 4.78 is 30.5. The summed E-state index contributed by atoms with van der Waals surface area (Å²) in [5, 5.41) is -0.367. The quantitative estimate of drug-likeness (QED) is 0.240. The van der Waals surface area contributed by atoms with Gasteiger partial charge in [-0.15, -0.1) is 0 Å². The first kappa shape index (κ1) is 25.3. The number of amides is 2. The predicted octanol–water partition coefficient (Wildman–Crippen LogP) is 6.23. The number of ether oxygens (including phenoxy) is 3. The van der Waals surface area contributed by atoms with Crippen LogP contribution in [0.5, 0.6) is 17.2 Å². The molecule has 0 unspecified atom stereocenters. The molecule has 4 rings (SSSR count). The Hall–Kier alpha value is -3.78. The highest BCUT2D eigenvalue weighted by Crippen LogP contribution is 2.35. The molecule has 1 aliphatic heterocycles. The van der Waals surface area contributed by atoms with Crippen molar-refractivity contribution in [3.05, 3.63) is 94.1 Å². The van der Waals surface area contributed by atoms with E-state index in [1.807, 2.05) is 38.1 Å². The summed E-state index contributed by atoms with van der Waals surface area (Å²) >= 11 is 0.874. The van der Waals surface area contributed by atoms with Crippen LogP contribution in [0.2, 0.25) is 0 Å². The second kappa shape index (κ2) is 11.8. The van der Waals surface area contributed by atoms with Gasteiger partial charge < -0.3 is 14.2 Å². The van der Waals surface area contributed by atoms with Gasteiger partial charge in [0.25, 0.3) is 11.1 Å². The lowest BCUT2D eigenvalue weighted by Crippen LogP contribution is -2.27. The van der Waals surface area contributed by atoms with Gasteiger partial charge in [0.2, 0.25) is 0 Å². The molecule has 1 aliphatic rings.